The zero-order chi connectivity index (χ0) is 20.0. The van der Waals surface area contributed by atoms with E-state index in [0.717, 1.165) is 11.1 Å². The molecule has 0 saturated heterocycles. The average Bonchev–Trinajstić information content (AvgIpc) is 2.63. The van der Waals surface area contributed by atoms with Crippen LogP contribution in [0.5, 0.6) is 5.75 Å². The summed E-state index contributed by atoms with van der Waals surface area (Å²) >= 11 is 0. The molecule has 1 N–H and O–H groups in total. The van der Waals surface area contributed by atoms with Crippen molar-refractivity contribution in [2.75, 3.05) is 19.0 Å². The maximum atomic E-state index is 12.0. The highest BCUT2D eigenvalue weighted by Gasteiger charge is 2.18. The van der Waals surface area contributed by atoms with Crippen molar-refractivity contribution in [1.29, 1.82) is 0 Å². The van der Waals surface area contributed by atoms with E-state index in [1.165, 1.54) is 12.1 Å². The highest BCUT2D eigenvalue weighted by atomic mass is 16.6. The summed E-state index contributed by atoms with van der Waals surface area (Å²) < 4.78 is 9.97. The number of hydrogen-bond acceptors (Lipinski definition) is 6. The van der Waals surface area contributed by atoms with E-state index in [1.54, 1.807) is 45.2 Å². The van der Waals surface area contributed by atoms with Gasteiger partial charge in [-0.15, -0.1) is 0 Å². The van der Waals surface area contributed by atoms with Crippen molar-refractivity contribution in [3.8, 4) is 5.75 Å². The number of esters is 1. The van der Waals surface area contributed by atoms with E-state index in [4.69, 9.17) is 9.47 Å². The first-order valence-corrected chi connectivity index (χ1v) is 8.14. The van der Waals surface area contributed by atoms with Gasteiger partial charge in [0.05, 0.1) is 18.5 Å². The van der Waals surface area contributed by atoms with Gasteiger partial charge in [-0.25, -0.2) is 0 Å². The van der Waals surface area contributed by atoms with Crippen LogP contribution in [0.25, 0.3) is 0 Å². The Morgan fingerprint density at radius 2 is 1.74 bits per heavy atom. The average molecular weight is 372 g/mol. The molecule has 142 valence electrons. The van der Waals surface area contributed by atoms with Crippen LogP contribution in [-0.4, -0.2) is 30.5 Å². The van der Waals surface area contributed by atoms with E-state index in [-0.39, 0.29) is 17.8 Å². The minimum atomic E-state index is -0.649. The van der Waals surface area contributed by atoms with E-state index in [2.05, 4.69) is 5.32 Å². The number of methoxy groups -OCH3 is 1. The number of anilines is 1. The van der Waals surface area contributed by atoms with E-state index < -0.39 is 23.4 Å². The highest BCUT2D eigenvalue weighted by molar-refractivity contribution is 5.95. The summed E-state index contributed by atoms with van der Waals surface area (Å²) in [7, 11) is 1.54. The minimum absolute atomic E-state index is 0.00105. The van der Waals surface area contributed by atoms with Crippen LogP contribution >= 0.6 is 0 Å². The predicted molar refractivity (Wildman–Crippen MR) is 98.9 cm³/mol. The molecular weight excluding hydrogens is 352 g/mol. The van der Waals surface area contributed by atoms with Gasteiger partial charge < -0.3 is 14.8 Å². The van der Waals surface area contributed by atoms with E-state index in [9.17, 15) is 19.7 Å². The Morgan fingerprint density at radius 3 is 2.33 bits per heavy atom. The third kappa shape index (κ3) is 5.53. The molecule has 0 heterocycles. The van der Waals surface area contributed by atoms with Crippen molar-refractivity contribution in [3.05, 3.63) is 63.2 Å². The molecule has 8 nitrogen and oxygen atoms in total. The third-order valence-electron chi connectivity index (χ3n) is 3.95. The van der Waals surface area contributed by atoms with Crippen LogP contribution in [0.3, 0.4) is 0 Å². The lowest BCUT2D eigenvalue weighted by Crippen LogP contribution is -2.22. The number of nitrogens with one attached hydrogen (secondary N) is 1. The summed E-state index contributed by atoms with van der Waals surface area (Å²) in [5, 5.41) is 13.6. The van der Waals surface area contributed by atoms with Crippen molar-refractivity contribution in [3.63, 3.8) is 0 Å². The Bertz CT molecular complexity index is 861. The van der Waals surface area contributed by atoms with Crippen LogP contribution in [-0.2, 0) is 20.7 Å². The Labute approximate surface area is 156 Å². The second-order valence-corrected chi connectivity index (χ2v) is 5.94. The summed E-state index contributed by atoms with van der Waals surface area (Å²) in [5.41, 5.74) is 2.11. The van der Waals surface area contributed by atoms with Gasteiger partial charge in [0.1, 0.15) is 11.4 Å². The molecule has 0 spiro atoms. The van der Waals surface area contributed by atoms with Gasteiger partial charge in [0.25, 0.3) is 11.6 Å². The topological polar surface area (TPSA) is 108 Å². The third-order valence-corrected chi connectivity index (χ3v) is 3.95. The number of aryl methyl sites for hydroxylation is 2. The zero-order valence-electron chi connectivity index (χ0n) is 15.3. The number of amides is 1. The molecule has 2 aromatic rings. The fourth-order valence-electron chi connectivity index (χ4n) is 2.35. The first-order chi connectivity index (χ1) is 12.8. The molecule has 0 fully saturated rings. The largest absolute Gasteiger partial charge is 0.497 e. The van der Waals surface area contributed by atoms with Crippen molar-refractivity contribution < 1.29 is 24.0 Å². The highest BCUT2D eigenvalue weighted by Crippen LogP contribution is 2.27. The molecule has 0 aliphatic rings. The molecule has 2 rings (SSSR count). The number of nitro groups is 1. The summed E-state index contributed by atoms with van der Waals surface area (Å²) in [4.78, 5) is 34.4. The number of hydrogen-bond donors (Lipinski definition) is 1. The molecular formula is C19H20N2O6. The van der Waals surface area contributed by atoms with E-state index in [1.807, 2.05) is 0 Å². The number of benzene rings is 2. The Kier molecular flexibility index (Phi) is 6.48. The summed E-state index contributed by atoms with van der Waals surface area (Å²) in [6.07, 6.45) is 0.00105. The monoisotopic (exact) mass is 372 g/mol. The van der Waals surface area contributed by atoms with Gasteiger partial charge in [-0.3, -0.25) is 19.7 Å². The van der Waals surface area contributed by atoms with Crippen molar-refractivity contribution >= 4 is 23.3 Å². The number of carbonyl (C=O) groups is 2. The molecule has 2 aromatic carbocycles. The van der Waals surface area contributed by atoms with Crippen LogP contribution in [0.4, 0.5) is 11.4 Å². The van der Waals surface area contributed by atoms with Crippen LogP contribution in [0, 0.1) is 24.0 Å². The lowest BCUT2D eigenvalue weighted by molar-refractivity contribution is -0.384. The van der Waals surface area contributed by atoms with E-state index >= 15 is 0 Å². The fraction of sp³-hybridized carbons (Fsp3) is 0.263. The Hall–Kier alpha value is -3.42. The lowest BCUT2D eigenvalue weighted by atomic mass is 10.1. The van der Waals surface area contributed by atoms with Gasteiger partial charge in [0.2, 0.25) is 0 Å². The predicted octanol–water partition coefficient (Wildman–Crippen LogP) is 2.94. The lowest BCUT2D eigenvalue weighted by Gasteiger charge is -2.09. The van der Waals surface area contributed by atoms with Gasteiger partial charge in [0, 0.05) is 6.07 Å². The maximum Gasteiger partial charge on any atom is 0.310 e. The number of rotatable bonds is 7. The van der Waals surface area contributed by atoms with Crippen LogP contribution < -0.4 is 10.1 Å². The molecule has 0 aliphatic heterocycles. The number of nitro benzene ring substituents is 1. The summed E-state index contributed by atoms with van der Waals surface area (Å²) in [6.45, 7) is 3.00. The second-order valence-electron chi connectivity index (χ2n) is 5.94. The van der Waals surface area contributed by atoms with E-state index in [0.29, 0.717) is 11.3 Å². The van der Waals surface area contributed by atoms with Crippen molar-refractivity contribution in [2.45, 2.75) is 20.3 Å². The Balaban J connectivity index is 1.93. The molecule has 0 bridgehead atoms. The van der Waals surface area contributed by atoms with Gasteiger partial charge in [0.15, 0.2) is 6.61 Å². The van der Waals surface area contributed by atoms with Gasteiger partial charge in [-0.05, 0) is 48.7 Å². The number of carbonyl (C=O) groups excluding carboxylic acids is 2. The first kappa shape index (κ1) is 19.9. The normalized spacial score (nSPS) is 10.2. The van der Waals surface area contributed by atoms with Crippen molar-refractivity contribution in [1.82, 2.24) is 0 Å². The summed E-state index contributed by atoms with van der Waals surface area (Å²) in [6, 6.07) is 9.78. The molecule has 0 aromatic heterocycles. The number of nitrogens with zero attached hydrogens (tertiary/aromatic N) is 1. The van der Waals surface area contributed by atoms with Crippen molar-refractivity contribution in [2.24, 2.45) is 0 Å². The summed E-state index contributed by atoms with van der Waals surface area (Å²) in [5.74, 6) is -0.559. The van der Waals surface area contributed by atoms with Crippen LogP contribution in [0.15, 0.2) is 36.4 Å². The fourth-order valence-corrected chi connectivity index (χ4v) is 2.35. The molecule has 0 atom stereocenters. The molecule has 0 radical (unpaired) electrons. The van der Waals surface area contributed by atoms with Crippen LogP contribution in [0.2, 0.25) is 0 Å². The molecule has 0 aliphatic carbocycles. The quantitative estimate of drug-likeness (QED) is 0.455. The maximum absolute atomic E-state index is 12.0. The SMILES string of the molecule is COc1ccc(CC(=O)OCC(=O)Nc2cc(C)c(C)cc2[N+](=O)[O-])cc1. The second kappa shape index (κ2) is 8.79. The molecule has 0 unspecified atom stereocenters. The standard InChI is InChI=1S/C19H20N2O6/c1-12-8-16(17(21(24)25)9-13(12)2)20-18(22)11-27-19(23)10-14-4-6-15(26-3)7-5-14/h4-9H,10-11H2,1-3H3,(H,20,22). The Morgan fingerprint density at radius 1 is 1.11 bits per heavy atom. The van der Waals surface area contributed by atoms with Gasteiger partial charge >= 0.3 is 5.97 Å². The smallest absolute Gasteiger partial charge is 0.310 e. The molecule has 8 heteroatoms. The van der Waals surface area contributed by atoms with Gasteiger partial charge in [-0.1, -0.05) is 12.1 Å². The zero-order valence-corrected chi connectivity index (χ0v) is 15.3. The molecule has 1 amide bonds. The minimum Gasteiger partial charge on any atom is -0.497 e. The van der Waals surface area contributed by atoms with Gasteiger partial charge in [-0.2, -0.15) is 0 Å². The number of ether oxygens (including phenoxy) is 2. The first-order valence-electron chi connectivity index (χ1n) is 8.14. The van der Waals surface area contributed by atoms with Crippen LogP contribution in [0.1, 0.15) is 16.7 Å². The molecule has 27 heavy (non-hydrogen) atoms. The molecule has 0 saturated carbocycles.